The second-order valence-corrected chi connectivity index (χ2v) is 5.20. The molecule has 18 heavy (non-hydrogen) atoms. The van der Waals surface area contributed by atoms with Crippen LogP contribution in [0.1, 0.15) is 17.6 Å². The average Bonchev–Trinajstić information content (AvgIpc) is 2.71. The fourth-order valence-electron chi connectivity index (χ4n) is 1.36. The molecule has 0 spiro atoms. The number of carbonyl (C=O) groups is 2. The molecule has 0 aliphatic rings. The third-order valence-corrected chi connectivity index (χ3v) is 3.23. The highest BCUT2D eigenvalue weighted by molar-refractivity contribution is 7.09. The van der Waals surface area contributed by atoms with E-state index in [1.807, 2.05) is 12.3 Å². The quantitative estimate of drug-likeness (QED) is 0.846. The highest BCUT2D eigenvalue weighted by Gasteiger charge is 2.17. The Hall–Kier alpha value is -1.63. The van der Waals surface area contributed by atoms with Crippen LogP contribution in [-0.2, 0) is 11.3 Å². The zero-order valence-corrected chi connectivity index (χ0v) is 11.5. The van der Waals surface area contributed by atoms with Gasteiger partial charge in [0, 0.05) is 19.0 Å². The van der Waals surface area contributed by atoms with Gasteiger partial charge >= 0.3 is 12.0 Å². The van der Waals surface area contributed by atoms with Crippen molar-refractivity contribution in [1.82, 2.24) is 15.2 Å². The first-order valence-electron chi connectivity index (χ1n) is 5.53. The number of aliphatic carboxylic acids is 1. The van der Waals surface area contributed by atoms with E-state index in [1.54, 1.807) is 14.0 Å². The molecule has 1 atom stereocenters. The lowest BCUT2D eigenvalue weighted by Crippen LogP contribution is -2.40. The first-order chi connectivity index (χ1) is 8.40. The molecule has 1 unspecified atom stereocenters. The first kappa shape index (κ1) is 14.4. The smallest absolute Gasteiger partial charge is 0.317 e. The molecule has 0 fully saturated rings. The van der Waals surface area contributed by atoms with Crippen LogP contribution in [0.25, 0.3) is 0 Å². The summed E-state index contributed by atoms with van der Waals surface area (Å²) >= 11 is 1.53. The molecular formula is C11H17N3O3S. The lowest BCUT2D eigenvalue weighted by molar-refractivity contribution is -0.141. The van der Waals surface area contributed by atoms with Gasteiger partial charge in [0.1, 0.15) is 0 Å². The summed E-state index contributed by atoms with van der Waals surface area (Å²) in [6, 6.07) is -0.297. The van der Waals surface area contributed by atoms with Crippen molar-refractivity contribution < 1.29 is 14.7 Å². The minimum atomic E-state index is -0.912. The highest BCUT2D eigenvalue weighted by Crippen LogP contribution is 2.07. The SMILES string of the molecule is Cc1nc(CNC(=O)N(C)CC(C)C(=O)O)cs1. The molecule has 0 saturated heterocycles. The van der Waals surface area contributed by atoms with Crippen molar-refractivity contribution in [2.45, 2.75) is 20.4 Å². The molecule has 6 nitrogen and oxygen atoms in total. The van der Waals surface area contributed by atoms with Crippen LogP contribution in [-0.4, -0.2) is 40.6 Å². The van der Waals surface area contributed by atoms with Gasteiger partial charge in [-0.25, -0.2) is 9.78 Å². The lowest BCUT2D eigenvalue weighted by atomic mass is 10.2. The van der Waals surface area contributed by atoms with Crippen molar-refractivity contribution in [3.8, 4) is 0 Å². The minimum Gasteiger partial charge on any atom is -0.481 e. The van der Waals surface area contributed by atoms with Gasteiger partial charge in [-0.3, -0.25) is 4.79 Å². The zero-order valence-electron chi connectivity index (χ0n) is 10.6. The molecule has 1 heterocycles. The molecule has 100 valence electrons. The van der Waals surface area contributed by atoms with Crippen molar-refractivity contribution in [2.75, 3.05) is 13.6 Å². The lowest BCUT2D eigenvalue weighted by Gasteiger charge is -2.19. The predicted octanol–water partition coefficient (Wildman–Crippen LogP) is 1.31. The molecule has 0 bridgehead atoms. The number of rotatable bonds is 5. The molecule has 0 radical (unpaired) electrons. The second-order valence-electron chi connectivity index (χ2n) is 4.14. The number of amides is 2. The summed E-state index contributed by atoms with van der Waals surface area (Å²) in [5, 5.41) is 14.3. The Labute approximate surface area is 110 Å². The first-order valence-corrected chi connectivity index (χ1v) is 6.41. The van der Waals surface area contributed by atoms with E-state index in [1.165, 1.54) is 16.2 Å². The third-order valence-electron chi connectivity index (χ3n) is 2.40. The van der Waals surface area contributed by atoms with E-state index in [-0.39, 0.29) is 12.6 Å². The maximum absolute atomic E-state index is 11.7. The van der Waals surface area contributed by atoms with Crippen molar-refractivity contribution in [3.05, 3.63) is 16.1 Å². The predicted molar refractivity (Wildman–Crippen MR) is 68.5 cm³/mol. The van der Waals surface area contributed by atoms with Crippen LogP contribution < -0.4 is 5.32 Å². The molecule has 1 aromatic heterocycles. The van der Waals surface area contributed by atoms with Crippen LogP contribution in [0, 0.1) is 12.8 Å². The van der Waals surface area contributed by atoms with Gasteiger partial charge in [0.2, 0.25) is 0 Å². The average molecular weight is 271 g/mol. The molecule has 1 rings (SSSR count). The molecule has 2 amide bonds. The number of urea groups is 1. The van der Waals surface area contributed by atoms with E-state index >= 15 is 0 Å². The highest BCUT2D eigenvalue weighted by atomic mass is 32.1. The Morgan fingerprint density at radius 2 is 2.28 bits per heavy atom. The number of aromatic nitrogens is 1. The summed E-state index contributed by atoms with van der Waals surface area (Å²) in [5.41, 5.74) is 0.811. The van der Waals surface area contributed by atoms with Crippen LogP contribution in [0.3, 0.4) is 0 Å². The Kier molecular flexibility index (Phi) is 5.08. The largest absolute Gasteiger partial charge is 0.481 e. The van der Waals surface area contributed by atoms with Crippen molar-refractivity contribution >= 4 is 23.3 Å². The summed E-state index contributed by atoms with van der Waals surface area (Å²) in [6.07, 6.45) is 0. The van der Waals surface area contributed by atoms with Crippen molar-refractivity contribution in [1.29, 1.82) is 0 Å². The number of carboxylic acids is 1. The molecule has 0 aromatic carbocycles. The van der Waals surface area contributed by atoms with Gasteiger partial charge in [0.25, 0.3) is 0 Å². The molecule has 0 aliphatic carbocycles. The number of carbonyl (C=O) groups excluding carboxylic acids is 1. The van der Waals surface area contributed by atoms with E-state index in [0.29, 0.717) is 6.54 Å². The topological polar surface area (TPSA) is 82.5 Å². The summed E-state index contributed by atoms with van der Waals surface area (Å²) in [5.74, 6) is -1.49. The molecular weight excluding hydrogens is 254 g/mol. The molecule has 7 heteroatoms. The van der Waals surface area contributed by atoms with E-state index in [9.17, 15) is 9.59 Å². The molecule has 0 aliphatic heterocycles. The Balaban J connectivity index is 2.38. The van der Waals surface area contributed by atoms with Crippen LogP contribution in [0.4, 0.5) is 4.79 Å². The maximum Gasteiger partial charge on any atom is 0.317 e. The number of hydrogen-bond acceptors (Lipinski definition) is 4. The van der Waals surface area contributed by atoms with Crippen molar-refractivity contribution in [2.24, 2.45) is 5.92 Å². The van der Waals surface area contributed by atoms with Gasteiger partial charge in [-0.15, -0.1) is 11.3 Å². The number of nitrogens with zero attached hydrogens (tertiary/aromatic N) is 2. The van der Waals surface area contributed by atoms with Gasteiger partial charge in [-0.05, 0) is 6.92 Å². The summed E-state index contributed by atoms with van der Waals surface area (Å²) in [6.45, 7) is 4.00. The number of carboxylic acid groups (broad SMARTS) is 1. The Morgan fingerprint density at radius 1 is 1.61 bits per heavy atom. The fourth-order valence-corrected chi connectivity index (χ4v) is 1.97. The number of nitrogens with one attached hydrogen (secondary N) is 1. The van der Waals surface area contributed by atoms with E-state index in [4.69, 9.17) is 5.11 Å². The van der Waals surface area contributed by atoms with Gasteiger partial charge in [-0.2, -0.15) is 0 Å². The Morgan fingerprint density at radius 3 is 2.78 bits per heavy atom. The van der Waals surface area contributed by atoms with E-state index in [0.717, 1.165) is 10.7 Å². The number of aryl methyl sites for hydroxylation is 1. The summed E-state index contributed by atoms with van der Waals surface area (Å²) < 4.78 is 0. The Bertz CT molecular complexity index is 433. The van der Waals surface area contributed by atoms with Gasteiger partial charge < -0.3 is 15.3 Å². The monoisotopic (exact) mass is 271 g/mol. The molecule has 1 aromatic rings. The van der Waals surface area contributed by atoms with Crippen LogP contribution in [0.5, 0.6) is 0 Å². The van der Waals surface area contributed by atoms with Gasteiger partial charge in [-0.1, -0.05) is 6.92 Å². The van der Waals surface area contributed by atoms with Gasteiger partial charge in [0.05, 0.1) is 23.2 Å². The van der Waals surface area contributed by atoms with E-state index < -0.39 is 11.9 Å². The zero-order chi connectivity index (χ0) is 13.7. The van der Waals surface area contributed by atoms with E-state index in [2.05, 4.69) is 10.3 Å². The fraction of sp³-hybridized carbons (Fsp3) is 0.545. The van der Waals surface area contributed by atoms with Crippen LogP contribution >= 0.6 is 11.3 Å². The standard InChI is InChI=1S/C11H17N3O3S/c1-7(10(15)16)5-14(3)11(17)12-4-9-6-18-8(2)13-9/h6-7H,4-5H2,1-3H3,(H,12,17)(H,15,16). The van der Waals surface area contributed by atoms with Crippen LogP contribution in [0.2, 0.25) is 0 Å². The van der Waals surface area contributed by atoms with Gasteiger partial charge in [0.15, 0.2) is 0 Å². The third kappa shape index (κ3) is 4.33. The summed E-state index contributed by atoms with van der Waals surface area (Å²) in [7, 11) is 1.57. The van der Waals surface area contributed by atoms with Crippen LogP contribution in [0.15, 0.2) is 5.38 Å². The maximum atomic E-state index is 11.7. The summed E-state index contributed by atoms with van der Waals surface area (Å²) in [4.78, 5) is 27.9. The van der Waals surface area contributed by atoms with Crippen molar-refractivity contribution in [3.63, 3.8) is 0 Å². The minimum absolute atomic E-state index is 0.178. The second kappa shape index (κ2) is 6.34. The number of thiazole rings is 1. The number of hydrogen-bond donors (Lipinski definition) is 2. The molecule has 0 saturated carbocycles. The molecule has 2 N–H and O–H groups in total. The normalized spacial score (nSPS) is 11.9.